The summed E-state index contributed by atoms with van der Waals surface area (Å²) in [7, 11) is 1.54. The van der Waals surface area contributed by atoms with Crippen molar-refractivity contribution in [3.63, 3.8) is 0 Å². The molecule has 0 bridgehead atoms. The van der Waals surface area contributed by atoms with Crippen molar-refractivity contribution in [2.24, 2.45) is 11.8 Å². The molecule has 1 fully saturated rings. The number of hydrogen-bond acceptors (Lipinski definition) is 4. The summed E-state index contributed by atoms with van der Waals surface area (Å²) < 4.78 is 5.40. The van der Waals surface area contributed by atoms with Gasteiger partial charge in [-0.2, -0.15) is 0 Å². The first-order valence-corrected chi connectivity index (χ1v) is 11.4. The molecule has 2 aliphatic heterocycles. The van der Waals surface area contributed by atoms with Crippen molar-refractivity contribution in [1.82, 2.24) is 5.32 Å². The molecule has 2 aromatic rings. The summed E-state index contributed by atoms with van der Waals surface area (Å²) in [5, 5.41) is 10.1. The lowest BCUT2D eigenvalue weighted by atomic mass is 9.78. The zero-order valence-electron chi connectivity index (χ0n) is 19.1. The molecule has 7 heteroatoms. The highest BCUT2D eigenvalue weighted by atomic mass is 35.5. The van der Waals surface area contributed by atoms with Crippen molar-refractivity contribution in [2.75, 3.05) is 17.7 Å². The van der Waals surface area contributed by atoms with E-state index in [-0.39, 0.29) is 17.9 Å². The number of fused-ring (bicyclic) bond motifs is 2. The number of carbonyl (C=O) groups is 2. The number of ether oxygens (including phenoxy) is 1. The highest BCUT2D eigenvalue weighted by Gasteiger charge is 2.60. The van der Waals surface area contributed by atoms with Crippen molar-refractivity contribution in [3.05, 3.63) is 52.0 Å². The lowest BCUT2D eigenvalue weighted by Crippen LogP contribution is -2.52. The zero-order valence-corrected chi connectivity index (χ0v) is 19.9. The summed E-state index contributed by atoms with van der Waals surface area (Å²) in [5.74, 6) is -0.0402. The van der Waals surface area contributed by atoms with Crippen molar-refractivity contribution in [3.8, 4) is 5.75 Å². The van der Waals surface area contributed by atoms with Crippen LogP contribution in [0, 0.1) is 25.7 Å². The van der Waals surface area contributed by atoms with Crippen LogP contribution in [0.1, 0.15) is 43.4 Å². The van der Waals surface area contributed by atoms with E-state index in [1.165, 1.54) is 0 Å². The number of halogens is 1. The molecule has 3 N–H and O–H groups in total. The van der Waals surface area contributed by atoms with Gasteiger partial charge in [-0.3, -0.25) is 14.9 Å². The Morgan fingerprint density at radius 1 is 1.28 bits per heavy atom. The van der Waals surface area contributed by atoms with Gasteiger partial charge in [0.25, 0.3) is 0 Å². The van der Waals surface area contributed by atoms with Gasteiger partial charge in [0.2, 0.25) is 11.8 Å². The first-order chi connectivity index (χ1) is 15.1. The average molecular weight is 456 g/mol. The monoisotopic (exact) mass is 455 g/mol. The number of hydrogen-bond donors (Lipinski definition) is 3. The minimum Gasteiger partial charge on any atom is -0.495 e. The standard InChI is InChI=1S/C25H30ClN3O3/c1-13(2)8-17-12-19(23(30)27-20-11-16(26)6-7-21(20)32-5)25(29-17)18-10-14(3)9-15(4)22(18)28-24(25)31/h6-7,9-11,13,17,19,29H,8,12H2,1-5H3,(H,27,30)(H,28,31)/t17-,19+,25-/m0/s1. The molecule has 2 aromatic carbocycles. The van der Waals surface area contributed by atoms with Crippen LogP contribution >= 0.6 is 11.6 Å². The minimum atomic E-state index is -1.11. The quantitative estimate of drug-likeness (QED) is 0.606. The predicted octanol–water partition coefficient (Wildman–Crippen LogP) is 4.78. The first-order valence-electron chi connectivity index (χ1n) is 11.0. The molecule has 0 saturated carbocycles. The highest BCUT2D eigenvalue weighted by Crippen LogP contribution is 2.49. The van der Waals surface area contributed by atoms with Crippen LogP contribution in [0.5, 0.6) is 5.75 Å². The molecule has 0 radical (unpaired) electrons. The fourth-order valence-electron chi connectivity index (χ4n) is 5.24. The summed E-state index contributed by atoms with van der Waals surface area (Å²) in [6, 6.07) is 9.20. The molecule has 32 heavy (non-hydrogen) atoms. The van der Waals surface area contributed by atoms with E-state index < -0.39 is 11.5 Å². The van der Waals surface area contributed by atoms with Crippen LogP contribution in [0.3, 0.4) is 0 Å². The normalized spacial score (nSPS) is 24.0. The number of nitrogens with one attached hydrogen (secondary N) is 3. The summed E-state index contributed by atoms with van der Waals surface area (Å²) in [6.45, 7) is 8.29. The number of anilines is 2. The Kier molecular flexibility index (Phi) is 5.94. The van der Waals surface area contributed by atoms with Crippen LogP contribution in [0.25, 0.3) is 0 Å². The van der Waals surface area contributed by atoms with Crippen molar-refractivity contribution >= 4 is 34.8 Å². The number of benzene rings is 2. The van der Waals surface area contributed by atoms with Crippen molar-refractivity contribution < 1.29 is 14.3 Å². The summed E-state index contributed by atoms with van der Waals surface area (Å²) in [4.78, 5) is 27.2. The summed E-state index contributed by atoms with van der Waals surface area (Å²) in [6.07, 6.45) is 1.44. The third-order valence-electron chi connectivity index (χ3n) is 6.47. The molecular formula is C25H30ClN3O3. The molecule has 0 unspecified atom stereocenters. The Balaban J connectivity index is 1.77. The van der Waals surface area contributed by atoms with Crippen LogP contribution in [-0.2, 0) is 15.1 Å². The van der Waals surface area contributed by atoms with E-state index in [9.17, 15) is 9.59 Å². The molecule has 170 valence electrons. The average Bonchev–Trinajstić information content (AvgIpc) is 3.21. The molecule has 0 aliphatic carbocycles. The van der Waals surface area contributed by atoms with E-state index in [2.05, 4.69) is 29.8 Å². The number of aryl methyl sites for hydroxylation is 2. The maximum absolute atomic E-state index is 13.7. The SMILES string of the molecule is COc1ccc(Cl)cc1NC(=O)[C@H]1C[C@H](CC(C)C)N[C@]12C(=O)Nc1c(C)cc(C)cc12. The van der Waals surface area contributed by atoms with E-state index in [1.54, 1.807) is 25.3 Å². The maximum Gasteiger partial charge on any atom is 0.250 e. The van der Waals surface area contributed by atoms with Gasteiger partial charge in [-0.05, 0) is 56.4 Å². The van der Waals surface area contributed by atoms with E-state index >= 15 is 0 Å². The Bertz CT molecular complexity index is 1080. The van der Waals surface area contributed by atoms with Crippen molar-refractivity contribution in [2.45, 2.75) is 52.1 Å². The Hall–Kier alpha value is -2.57. The molecule has 0 aromatic heterocycles. The van der Waals surface area contributed by atoms with Gasteiger partial charge in [-0.25, -0.2) is 0 Å². The summed E-state index contributed by atoms with van der Waals surface area (Å²) in [5.41, 5.74) is 3.09. The molecule has 6 nitrogen and oxygen atoms in total. The molecule has 2 amide bonds. The topological polar surface area (TPSA) is 79.5 Å². The van der Waals surface area contributed by atoms with E-state index in [4.69, 9.17) is 16.3 Å². The van der Waals surface area contributed by atoms with E-state index in [0.29, 0.717) is 28.8 Å². The molecule has 1 saturated heterocycles. The second-order valence-electron chi connectivity index (χ2n) is 9.36. The maximum atomic E-state index is 13.7. The van der Waals surface area contributed by atoms with Gasteiger partial charge in [-0.15, -0.1) is 0 Å². The third kappa shape index (κ3) is 3.76. The predicted molar refractivity (Wildman–Crippen MR) is 127 cm³/mol. The smallest absolute Gasteiger partial charge is 0.250 e. The number of rotatable bonds is 5. The Morgan fingerprint density at radius 3 is 2.72 bits per heavy atom. The van der Waals surface area contributed by atoms with Gasteiger partial charge in [0.1, 0.15) is 11.3 Å². The lowest BCUT2D eigenvalue weighted by molar-refractivity contribution is -0.130. The van der Waals surface area contributed by atoms with Crippen LogP contribution in [0.15, 0.2) is 30.3 Å². The largest absolute Gasteiger partial charge is 0.495 e. The van der Waals surface area contributed by atoms with Gasteiger partial charge in [0.15, 0.2) is 0 Å². The third-order valence-corrected chi connectivity index (χ3v) is 6.70. The van der Waals surface area contributed by atoms with E-state index in [1.807, 2.05) is 26.0 Å². The Morgan fingerprint density at radius 2 is 2.03 bits per heavy atom. The van der Waals surface area contributed by atoms with Gasteiger partial charge < -0.3 is 15.4 Å². The molecule has 2 heterocycles. The lowest BCUT2D eigenvalue weighted by Gasteiger charge is -2.30. The van der Waals surface area contributed by atoms with Gasteiger partial charge in [0, 0.05) is 22.3 Å². The molecule has 1 spiro atoms. The van der Waals surface area contributed by atoms with Gasteiger partial charge >= 0.3 is 0 Å². The molecule has 4 rings (SSSR count). The van der Waals surface area contributed by atoms with Crippen molar-refractivity contribution in [1.29, 1.82) is 0 Å². The fourth-order valence-corrected chi connectivity index (χ4v) is 5.41. The highest BCUT2D eigenvalue weighted by molar-refractivity contribution is 6.31. The first kappa shape index (κ1) is 22.6. The number of carbonyl (C=O) groups excluding carboxylic acids is 2. The Labute approximate surface area is 194 Å². The summed E-state index contributed by atoms with van der Waals surface area (Å²) >= 11 is 6.16. The second kappa shape index (κ2) is 8.41. The second-order valence-corrected chi connectivity index (χ2v) is 9.80. The molecular weight excluding hydrogens is 426 g/mol. The van der Waals surface area contributed by atoms with Crippen LogP contribution in [0.2, 0.25) is 5.02 Å². The fraction of sp³-hybridized carbons (Fsp3) is 0.440. The molecule has 3 atom stereocenters. The number of methoxy groups -OCH3 is 1. The van der Waals surface area contributed by atoms with Crippen LogP contribution < -0.4 is 20.7 Å². The number of amides is 2. The van der Waals surface area contributed by atoms with Crippen LogP contribution in [-0.4, -0.2) is 25.0 Å². The van der Waals surface area contributed by atoms with Gasteiger partial charge in [-0.1, -0.05) is 43.1 Å². The minimum absolute atomic E-state index is 0.0459. The van der Waals surface area contributed by atoms with Gasteiger partial charge in [0.05, 0.1) is 18.7 Å². The van der Waals surface area contributed by atoms with Crippen LogP contribution in [0.4, 0.5) is 11.4 Å². The zero-order chi connectivity index (χ0) is 23.2. The van der Waals surface area contributed by atoms with E-state index in [0.717, 1.165) is 28.8 Å². The molecule has 2 aliphatic rings.